The average Bonchev–Trinajstić information content (AvgIpc) is 2.78. The fourth-order valence-corrected chi connectivity index (χ4v) is 2.53. The van der Waals surface area contributed by atoms with Gasteiger partial charge in [0, 0.05) is 24.5 Å². The fraction of sp³-hybridized carbons (Fsp3) is 0.250. The van der Waals surface area contributed by atoms with Crippen LogP contribution in [-0.2, 0) is 0 Å². The van der Waals surface area contributed by atoms with Gasteiger partial charge in [0.05, 0.1) is 18.7 Å². The van der Waals surface area contributed by atoms with Crippen LogP contribution in [0.5, 0.6) is 0 Å². The first-order valence-electron chi connectivity index (χ1n) is 5.68. The first-order chi connectivity index (χ1) is 8.38. The molecule has 0 fully saturated rings. The van der Waals surface area contributed by atoms with Crippen molar-refractivity contribution in [2.24, 2.45) is 0 Å². The van der Waals surface area contributed by atoms with E-state index >= 15 is 0 Å². The van der Waals surface area contributed by atoms with E-state index in [1.165, 1.54) is 17.3 Å². The lowest BCUT2D eigenvalue weighted by Crippen LogP contribution is -2.36. The van der Waals surface area contributed by atoms with Crippen LogP contribution in [0.15, 0.2) is 36.7 Å². The molecule has 18 heavy (non-hydrogen) atoms. The van der Waals surface area contributed by atoms with Crippen LogP contribution in [0.4, 0.5) is 5.69 Å². The topological polar surface area (TPSA) is 61.0 Å². The molecule has 5 nitrogen and oxygen atoms in total. The van der Waals surface area contributed by atoms with Crippen molar-refractivity contribution in [3.63, 3.8) is 0 Å². The van der Waals surface area contributed by atoms with Crippen LogP contribution in [0.25, 0.3) is 5.69 Å². The number of nitro groups is 1. The Balaban J connectivity index is 2.32. The molecule has 6 heteroatoms. The number of rotatable bonds is 3. The Morgan fingerprint density at radius 1 is 1.22 bits per heavy atom. The van der Waals surface area contributed by atoms with Gasteiger partial charge in [0.2, 0.25) is 0 Å². The second-order valence-electron chi connectivity index (χ2n) is 5.20. The van der Waals surface area contributed by atoms with Crippen LogP contribution in [-0.4, -0.2) is 22.8 Å². The zero-order chi connectivity index (χ0) is 13.3. The Morgan fingerprint density at radius 2 is 1.83 bits per heavy atom. The van der Waals surface area contributed by atoms with Crippen LogP contribution >= 0.6 is 0 Å². The van der Waals surface area contributed by atoms with Gasteiger partial charge in [-0.3, -0.25) is 10.1 Å². The molecule has 0 unspecified atom stereocenters. The van der Waals surface area contributed by atoms with E-state index < -0.39 is 13.0 Å². The monoisotopic (exact) mass is 261 g/mol. The van der Waals surface area contributed by atoms with Gasteiger partial charge in [-0.1, -0.05) is 19.6 Å². The van der Waals surface area contributed by atoms with E-state index in [2.05, 4.69) is 24.7 Å². The van der Waals surface area contributed by atoms with Gasteiger partial charge in [0.1, 0.15) is 0 Å². The maximum Gasteiger partial charge on any atom is 0.269 e. The lowest BCUT2D eigenvalue weighted by atomic mass is 10.3. The summed E-state index contributed by atoms with van der Waals surface area (Å²) in [5.41, 5.74) is 0.932. The molecule has 2 aromatic rings. The molecule has 0 aliphatic heterocycles. The van der Waals surface area contributed by atoms with E-state index in [9.17, 15) is 10.1 Å². The third-order valence-corrected chi connectivity index (χ3v) is 4.76. The summed E-state index contributed by atoms with van der Waals surface area (Å²) in [7, 11) is -1.37. The van der Waals surface area contributed by atoms with E-state index in [0.717, 1.165) is 5.69 Å². The summed E-state index contributed by atoms with van der Waals surface area (Å²) in [6.07, 6.45) is 3.89. The van der Waals surface area contributed by atoms with Gasteiger partial charge in [-0.25, -0.2) is 4.68 Å². The largest absolute Gasteiger partial charge is 0.269 e. The third kappa shape index (κ3) is 2.48. The first-order valence-corrected chi connectivity index (χ1v) is 9.18. The highest BCUT2D eigenvalue weighted by molar-refractivity contribution is 6.88. The number of hydrogen-bond acceptors (Lipinski definition) is 3. The molecule has 0 radical (unpaired) electrons. The Morgan fingerprint density at radius 3 is 2.28 bits per heavy atom. The SMILES string of the molecule is C[Si](C)(C)c1cnn(-c2ccc([N+](=O)[O-])cc2)c1. The van der Waals surface area contributed by atoms with Crippen LogP contribution in [0.1, 0.15) is 0 Å². The van der Waals surface area contributed by atoms with Crippen molar-refractivity contribution in [2.75, 3.05) is 0 Å². The minimum Gasteiger partial charge on any atom is -0.258 e. The number of hydrogen-bond donors (Lipinski definition) is 0. The molecule has 0 amide bonds. The minimum absolute atomic E-state index is 0.0938. The van der Waals surface area contributed by atoms with Gasteiger partial charge in [-0.05, 0) is 17.3 Å². The molecule has 0 spiro atoms. The van der Waals surface area contributed by atoms with Crippen molar-refractivity contribution < 1.29 is 4.92 Å². The molecular weight excluding hydrogens is 246 g/mol. The molecule has 0 N–H and O–H groups in total. The summed E-state index contributed by atoms with van der Waals surface area (Å²) in [5, 5.41) is 16.1. The molecule has 94 valence electrons. The van der Waals surface area contributed by atoms with Gasteiger partial charge < -0.3 is 0 Å². The summed E-state index contributed by atoms with van der Waals surface area (Å²) in [6, 6.07) is 6.40. The lowest BCUT2D eigenvalue weighted by Gasteiger charge is -2.12. The molecule has 1 heterocycles. The van der Waals surface area contributed by atoms with Gasteiger partial charge >= 0.3 is 0 Å². The Bertz CT molecular complexity index is 570. The smallest absolute Gasteiger partial charge is 0.258 e. The van der Waals surface area contributed by atoms with Crippen molar-refractivity contribution in [3.05, 3.63) is 46.8 Å². The minimum atomic E-state index is -1.37. The molecule has 0 saturated heterocycles. The van der Waals surface area contributed by atoms with Crippen molar-refractivity contribution >= 4 is 18.9 Å². The number of nitrogens with zero attached hydrogens (tertiary/aromatic N) is 3. The van der Waals surface area contributed by atoms with Gasteiger partial charge in [-0.15, -0.1) is 0 Å². The molecular formula is C12H15N3O2Si. The van der Waals surface area contributed by atoms with Gasteiger partial charge in [-0.2, -0.15) is 5.10 Å². The highest BCUT2D eigenvalue weighted by Crippen LogP contribution is 2.14. The van der Waals surface area contributed by atoms with Crippen LogP contribution < -0.4 is 5.19 Å². The predicted molar refractivity (Wildman–Crippen MR) is 73.2 cm³/mol. The number of aromatic nitrogens is 2. The maximum absolute atomic E-state index is 10.6. The Hall–Kier alpha value is -1.95. The van der Waals surface area contributed by atoms with Crippen LogP contribution in [0.2, 0.25) is 19.6 Å². The number of nitro benzene ring substituents is 1. The average molecular weight is 261 g/mol. The number of non-ortho nitro benzene ring substituents is 1. The van der Waals surface area contributed by atoms with Crippen molar-refractivity contribution in [3.8, 4) is 5.69 Å². The summed E-state index contributed by atoms with van der Waals surface area (Å²) in [5.74, 6) is 0. The van der Waals surface area contributed by atoms with E-state index in [-0.39, 0.29) is 5.69 Å². The lowest BCUT2D eigenvalue weighted by molar-refractivity contribution is -0.384. The summed E-state index contributed by atoms with van der Waals surface area (Å²) >= 11 is 0. The zero-order valence-electron chi connectivity index (χ0n) is 10.6. The van der Waals surface area contributed by atoms with E-state index in [0.29, 0.717) is 0 Å². The quantitative estimate of drug-likeness (QED) is 0.484. The highest BCUT2D eigenvalue weighted by Gasteiger charge is 2.18. The zero-order valence-corrected chi connectivity index (χ0v) is 11.6. The van der Waals surface area contributed by atoms with Gasteiger partial charge in [0.25, 0.3) is 5.69 Å². The van der Waals surface area contributed by atoms with Crippen molar-refractivity contribution in [2.45, 2.75) is 19.6 Å². The summed E-state index contributed by atoms with van der Waals surface area (Å²) in [6.45, 7) is 6.76. The normalized spacial score (nSPS) is 11.5. The second-order valence-corrected chi connectivity index (χ2v) is 10.3. The molecule has 0 aliphatic carbocycles. The predicted octanol–water partition coefficient (Wildman–Crippen LogP) is 2.33. The number of benzene rings is 1. The van der Waals surface area contributed by atoms with Gasteiger partial charge in [0.15, 0.2) is 0 Å². The molecule has 0 bridgehead atoms. The van der Waals surface area contributed by atoms with Crippen molar-refractivity contribution in [1.29, 1.82) is 0 Å². The second kappa shape index (κ2) is 4.38. The molecule has 1 aromatic carbocycles. The standard InChI is InChI=1S/C12H15N3O2Si/c1-18(2,3)12-8-13-14(9-12)10-4-6-11(7-5-10)15(16)17/h4-9H,1-3H3. The molecule has 0 saturated carbocycles. The summed E-state index contributed by atoms with van der Waals surface area (Å²) < 4.78 is 1.76. The molecule has 2 rings (SSSR count). The van der Waals surface area contributed by atoms with Crippen LogP contribution in [0, 0.1) is 10.1 Å². The van der Waals surface area contributed by atoms with Crippen molar-refractivity contribution in [1.82, 2.24) is 9.78 Å². The fourth-order valence-electron chi connectivity index (χ4n) is 1.58. The Labute approximate surface area is 106 Å². The van der Waals surface area contributed by atoms with Crippen LogP contribution in [0.3, 0.4) is 0 Å². The van der Waals surface area contributed by atoms with E-state index in [1.54, 1.807) is 16.8 Å². The molecule has 0 aliphatic rings. The maximum atomic E-state index is 10.6. The van der Waals surface area contributed by atoms with E-state index in [4.69, 9.17) is 0 Å². The third-order valence-electron chi connectivity index (χ3n) is 2.77. The van der Waals surface area contributed by atoms with E-state index in [1.807, 2.05) is 12.4 Å². The summed E-state index contributed by atoms with van der Waals surface area (Å²) in [4.78, 5) is 10.2. The molecule has 0 atom stereocenters. The first kappa shape index (κ1) is 12.5. The molecule has 1 aromatic heterocycles. The Kier molecular flexibility index (Phi) is 3.04. The highest BCUT2D eigenvalue weighted by atomic mass is 28.3.